The van der Waals surface area contributed by atoms with E-state index in [9.17, 15) is 9.59 Å². The molecular formula is C26H25IN2O3. The molecule has 1 aromatic heterocycles. The number of hydrogen-bond acceptors (Lipinski definition) is 4. The van der Waals surface area contributed by atoms with Crippen LogP contribution in [0.2, 0.25) is 0 Å². The van der Waals surface area contributed by atoms with E-state index < -0.39 is 5.41 Å². The van der Waals surface area contributed by atoms with Crippen molar-refractivity contribution in [3.8, 4) is 11.3 Å². The first-order valence-corrected chi connectivity index (χ1v) is 12.0. The summed E-state index contributed by atoms with van der Waals surface area (Å²) in [5.74, 6) is -0.228. The Hall–Kier alpha value is -2.48. The van der Waals surface area contributed by atoms with Gasteiger partial charge in [0.25, 0.3) is 5.91 Å². The number of fused-ring (bicyclic) bond motifs is 3. The minimum Gasteiger partial charge on any atom is -0.469 e. The zero-order valence-electron chi connectivity index (χ0n) is 18.2. The van der Waals surface area contributed by atoms with Gasteiger partial charge >= 0.3 is 5.97 Å². The van der Waals surface area contributed by atoms with E-state index in [-0.39, 0.29) is 17.4 Å². The van der Waals surface area contributed by atoms with E-state index >= 15 is 0 Å². The minimum atomic E-state index is -0.442. The van der Waals surface area contributed by atoms with Crippen LogP contribution in [0.1, 0.15) is 48.0 Å². The topological polar surface area (TPSA) is 68.3 Å². The van der Waals surface area contributed by atoms with Crippen LogP contribution in [0.15, 0.2) is 48.5 Å². The van der Waals surface area contributed by atoms with Crippen LogP contribution in [0, 0.1) is 15.9 Å². The highest BCUT2D eigenvalue weighted by molar-refractivity contribution is 14.1. The maximum Gasteiger partial charge on any atom is 0.311 e. The molecule has 6 heteroatoms. The van der Waals surface area contributed by atoms with Crippen LogP contribution in [0.4, 0.5) is 0 Å². The molecule has 1 N–H and O–H groups in total. The summed E-state index contributed by atoms with van der Waals surface area (Å²) in [7, 11) is 1.45. The molecule has 0 spiro atoms. The first kappa shape index (κ1) is 21.4. The third kappa shape index (κ3) is 3.39. The number of aromatic nitrogens is 1. The predicted octanol–water partition coefficient (Wildman–Crippen LogP) is 5.42. The Balaban J connectivity index is 1.58. The molecule has 1 amide bonds. The predicted molar refractivity (Wildman–Crippen MR) is 132 cm³/mol. The second kappa shape index (κ2) is 7.83. The SMILES string of the molecule is COC(=O)C12CCC(NC(=O)c3c(C)c(-c4ccccc4)nc4ccc(I)cc34)(CC1)C2. The van der Waals surface area contributed by atoms with Crippen molar-refractivity contribution in [3.05, 3.63) is 63.2 Å². The van der Waals surface area contributed by atoms with Crippen molar-refractivity contribution in [2.75, 3.05) is 7.11 Å². The first-order valence-electron chi connectivity index (χ1n) is 10.9. The van der Waals surface area contributed by atoms with E-state index in [0.29, 0.717) is 12.0 Å². The van der Waals surface area contributed by atoms with Gasteiger partial charge in [0.15, 0.2) is 0 Å². The zero-order chi connectivity index (χ0) is 22.5. The number of ether oxygens (including phenoxy) is 1. The van der Waals surface area contributed by atoms with Crippen LogP contribution in [-0.2, 0) is 9.53 Å². The minimum absolute atomic E-state index is 0.0864. The molecule has 3 aromatic rings. The van der Waals surface area contributed by atoms with Gasteiger partial charge in [-0.1, -0.05) is 30.3 Å². The second-order valence-electron chi connectivity index (χ2n) is 9.17. The molecule has 5 rings (SSSR count). The number of carbonyl (C=O) groups excluding carboxylic acids is 2. The van der Waals surface area contributed by atoms with Crippen LogP contribution in [0.3, 0.4) is 0 Å². The number of halogens is 1. The number of benzene rings is 2. The molecule has 2 aromatic carbocycles. The van der Waals surface area contributed by atoms with Crippen molar-refractivity contribution in [1.29, 1.82) is 0 Å². The first-order chi connectivity index (χ1) is 15.4. The molecule has 0 atom stereocenters. The lowest BCUT2D eigenvalue weighted by molar-refractivity contribution is -0.152. The van der Waals surface area contributed by atoms with Gasteiger partial charge in [-0.25, -0.2) is 4.98 Å². The summed E-state index contributed by atoms with van der Waals surface area (Å²) in [5.41, 5.74) is 3.37. The molecule has 0 radical (unpaired) electrons. The fraction of sp³-hybridized carbons (Fsp3) is 0.346. The lowest BCUT2D eigenvalue weighted by Crippen LogP contribution is -2.45. The van der Waals surface area contributed by atoms with E-state index in [1.54, 1.807) is 0 Å². The summed E-state index contributed by atoms with van der Waals surface area (Å²) < 4.78 is 6.14. The highest BCUT2D eigenvalue weighted by Gasteiger charge is 2.59. The third-order valence-corrected chi connectivity index (χ3v) is 7.97. The van der Waals surface area contributed by atoms with E-state index in [1.807, 2.05) is 55.5 Å². The quantitative estimate of drug-likeness (QED) is 0.355. The van der Waals surface area contributed by atoms with Crippen molar-refractivity contribution < 1.29 is 14.3 Å². The number of amides is 1. The second-order valence-corrected chi connectivity index (χ2v) is 10.4. The highest BCUT2D eigenvalue weighted by atomic mass is 127. The Morgan fingerprint density at radius 3 is 2.47 bits per heavy atom. The third-order valence-electron chi connectivity index (χ3n) is 7.30. The smallest absolute Gasteiger partial charge is 0.311 e. The molecule has 2 saturated carbocycles. The zero-order valence-corrected chi connectivity index (χ0v) is 20.4. The van der Waals surface area contributed by atoms with Gasteiger partial charge in [-0.05, 0) is 85.4 Å². The van der Waals surface area contributed by atoms with Crippen LogP contribution in [-0.4, -0.2) is 29.5 Å². The maximum atomic E-state index is 13.8. The standard InChI is InChI=1S/C26H25IN2O3/c1-16-21(23(30)29-26-12-10-25(15-26,11-13-26)24(31)32-2)19-14-18(27)8-9-20(19)28-22(16)17-6-4-3-5-7-17/h3-9,14H,10-13,15H2,1-2H3,(H,29,30). The Kier molecular flexibility index (Phi) is 5.23. The Morgan fingerprint density at radius 2 is 1.78 bits per heavy atom. The van der Waals surface area contributed by atoms with Gasteiger partial charge in [0, 0.05) is 20.1 Å². The largest absolute Gasteiger partial charge is 0.469 e. The molecule has 5 nitrogen and oxygen atoms in total. The molecule has 2 aliphatic carbocycles. The molecule has 2 fully saturated rings. The number of methoxy groups -OCH3 is 1. The summed E-state index contributed by atoms with van der Waals surface area (Å²) in [4.78, 5) is 31.1. The molecule has 2 aliphatic rings. The fourth-order valence-electron chi connectivity index (χ4n) is 5.67. The normalized spacial score (nSPS) is 24.0. The molecule has 32 heavy (non-hydrogen) atoms. The number of nitrogens with zero attached hydrogens (tertiary/aromatic N) is 1. The van der Waals surface area contributed by atoms with Gasteiger partial charge in [-0.3, -0.25) is 9.59 Å². The van der Waals surface area contributed by atoms with Crippen molar-refractivity contribution >= 4 is 45.4 Å². The number of nitrogens with one attached hydrogen (secondary N) is 1. The Bertz CT molecular complexity index is 1230. The van der Waals surface area contributed by atoms with E-state index in [0.717, 1.165) is 57.0 Å². The fourth-order valence-corrected chi connectivity index (χ4v) is 6.17. The summed E-state index contributed by atoms with van der Waals surface area (Å²) in [6.07, 6.45) is 3.80. The monoisotopic (exact) mass is 540 g/mol. The van der Waals surface area contributed by atoms with Crippen molar-refractivity contribution in [2.24, 2.45) is 5.41 Å². The van der Waals surface area contributed by atoms with Gasteiger partial charge in [-0.15, -0.1) is 0 Å². The van der Waals surface area contributed by atoms with Gasteiger partial charge in [0.1, 0.15) is 0 Å². The summed E-state index contributed by atoms with van der Waals surface area (Å²) in [5, 5.41) is 4.22. The summed E-state index contributed by atoms with van der Waals surface area (Å²) >= 11 is 2.27. The number of hydrogen-bond donors (Lipinski definition) is 1. The van der Waals surface area contributed by atoms with Crippen molar-refractivity contribution in [1.82, 2.24) is 10.3 Å². The average molecular weight is 540 g/mol. The average Bonchev–Trinajstić information content (AvgIpc) is 3.35. The molecule has 2 bridgehead atoms. The van der Waals surface area contributed by atoms with Crippen molar-refractivity contribution in [3.63, 3.8) is 0 Å². The highest BCUT2D eigenvalue weighted by Crippen LogP contribution is 2.57. The lowest BCUT2D eigenvalue weighted by atomic mass is 9.84. The van der Waals surface area contributed by atoms with E-state index in [2.05, 4.69) is 27.9 Å². The summed E-state index contributed by atoms with van der Waals surface area (Å²) in [6, 6.07) is 16.0. The van der Waals surface area contributed by atoms with Crippen LogP contribution < -0.4 is 5.32 Å². The van der Waals surface area contributed by atoms with Crippen LogP contribution in [0.25, 0.3) is 22.2 Å². The van der Waals surface area contributed by atoms with Crippen LogP contribution >= 0.6 is 22.6 Å². The van der Waals surface area contributed by atoms with E-state index in [1.165, 1.54) is 7.11 Å². The Morgan fingerprint density at radius 1 is 1.06 bits per heavy atom. The van der Waals surface area contributed by atoms with Gasteiger partial charge in [-0.2, -0.15) is 0 Å². The molecular weight excluding hydrogens is 515 g/mol. The van der Waals surface area contributed by atoms with Crippen molar-refractivity contribution in [2.45, 2.75) is 44.6 Å². The van der Waals surface area contributed by atoms with E-state index in [4.69, 9.17) is 9.72 Å². The number of pyridine rings is 1. The van der Waals surface area contributed by atoms with Crippen LogP contribution in [0.5, 0.6) is 0 Å². The molecule has 0 aliphatic heterocycles. The number of rotatable bonds is 4. The van der Waals surface area contributed by atoms with Gasteiger partial charge < -0.3 is 10.1 Å². The lowest BCUT2D eigenvalue weighted by Gasteiger charge is -2.29. The molecule has 0 saturated heterocycles. The number of esters is 1. The summed E-state index contributed by atoms with van der Waals surface area (Å²) in [6.45, 7) is 1.98. The molecule has 0 unspecified atom stereocenters. The molecule has 164 valence electrons. The number of carbonyl (C=O) groups is 2. The maximum absolute atomic E-state index is 13.8. The van der Waals surface area contributed by atoms with Gasteiger partial charge in [0.2, 0.25) is 0 Å². The Labute approximate surface area is 201 Å². The van der Waals surface area contributed by atoms with Gasteiger partial charge in [0.05, 0.1) is 29.3 Å². The molecule has 1 heterocycles.